The highest BCUT2D eigenvalue weighted by atomic mass is 16.5. The van der Waals surface area contributed by atoms with Crippen molar-refractivity contribution in [2.75, 3.05) is 40.0 Å². The molecule has 0 saturated carbocycles. The minimum Gasteiger partial charge on any atom is -0.382 e. The molecule has 0 unspecified atom stereocenters. The van der Waals surface area contributed by atoms with Crippen molar-refractivity contribution in [2.45, 2.75) is 12.8 Å². The van der Waals surface area contributed by atoms with Gasteiger partial charge < -0.3 is 20.5 Å². The predicted octanol–water partition coefficient (Wildman–Crippen LogP) is -0.495. The highest BCUT2D eigenvalue weighted by Gasteiger charge is 1.97. The molecule has 0 aliphatic heterocycles. The standard InChI is InChI=1S/C9H20N2O3/c1-13-7-8-14-6-2-5-11-9(12)3-4-10/h2-8,10H2,1H3,(H,11,12). The van der Waals surface area contributed by atoms with Gasteiger partial charge in [0.25, 0.3) is 0 Å². The van der Waals surface area contributed by atoms with E-state index in [0.717, 1.165) is 6.42 Å². The molecule has 5 nitrogen and oxygen atoms in total. The number of carbonyl (C=O) groups excluding carboxylic acids is 1. The average Bonchev–Trinajstić information content (AvgIpc) is 2.17. The zero-order chi connectivity index (χ0) is 10.6. The maximum atomic E-state index is 10.9. The van der Waals surface area contributed by atoms with Gasteiger partial charge in [0, 0.05) is 33.2 Å². The molecule has 0 aromatic rings. The van der Waals surface area contributed by atoms with E-state index in [1.165, 1.54) is 0 Å². The first-order valence-electron chi connectivity index (χ1n) is 4.84. The second-order valence-corrected chi connectivity index (χ2v) is 2.85. The van der Waals surface area contributed by atoms with E-state index >= 15 is 0 Å². The van der Waals surface area contributed by atoms with Gasteiger partial charge in [0.1, 0.15) is 0 Å². The molecule has 0 radical (unpaired) electrons. The van der Waals surface area contributed by atoms with Gasteiger partial charge in [0.15, 0.2) is 0 Å². The topological polar surface area (TPSA) is 73.6 Å². The number of amides is 1. The number of hydrogen-bond acceptors (Lipinski definition) is 4. The van der Waals surface area contributed by atoms with Crippen LogP contribution in [0.1, 0.15) is 12.8 Å². The molecular weight excluding hydrogens is 184 g/mol. The van der Waals surface area contributed by atoms with Crippen molar-refractivity contribution in [3.63, 3.8) is 0 Å². The van der Waals surface area contributed by atoms with E-state index in [1.54, 1.807) is 7.11 Å². The lowest BCUT2D eigenvalue weighted by Gasteiger charge is -2.05. The molecule has 0 atom stereocenters. The summed E-state index contributed by atoms with van der Waals surface area (Å²) in [6.45, 7) is 2.90. The number of carbonyl (C=O) groups is 1. The number of methoxy groups -OCH3 is 1. The fourth-order valence-corrected chi connectivity index (χ4v) is 0.866. The Bertz CT molecular complexity index is 142. The Labute approximate surface area is 84.9 Å². The van der Waals surface area contributed by atoms with Crippen LogP contribution < -0.4 is 11.1 Å². The normalized spacial score (nSPS) is 10.1. The zero-order valence-electron chi connectivity index (χ0n) is 8.75. The largest absolute Gasteiger partial charge is 0.382 e. The maximum Gasteiger partial charge on any atom is 0.221 e. The van der Waals surface area contributed by atoms with Crippen molar-refractivity contribution in [3.05, 3.63) is 0 Å². The number of rotatable bonds is 9. The van der Waals surface area contributed by atoms with Crippen molar-refractivity contribution in [3.8, 4) is 0 Å². The summed E-state index contributed by atoms with van der Waals surface area (Å²) in [5.74, 6) is 0.00407. The van der Waals surface area contributed by atoms with Crippen LogP contribution in [0.2, 0.25) is 0 Å². The van der Waals surface area contributed by atoms with Gasteiger partial charge >= 0.3 is 0 Å². The van der Waals surface area contributed by atoms with Gasteiger partial charge in [-0.1, -0.05) is 0 Å². The van der Waals surface area contributed by atoms with Crippen LogP contribution in [0.4, 0.5) is 0 Å². The third-order valence-corrected chi connectivity index (χ3v) is 1.59. The first-order chi connectivity index (χ1) is 6.81. The second kappa shape index (κ2) is 10.4. The van der Waals surface area contributed by atoms with Crippen LogP contribution in [-0.4, -0.2) is 45.9 Å². The molecule has 0 rings (SSSR count). The molecule has 1 amide bonds. The van der Waals surface area contributed by atoms with Gasteiger partial charge in [-0.15, -0.1) is 0 Å². The fraction of sp³-hybridized carbons (Fsp3) is 0.889. The minimum absolute atomic E-state index is 0.00407. The number of ether oxygens (including phenoxy) is 2. The van der Waals surface area contributed by atoms with E-state index in [9.17, 15) is 4.79 Å². The summed E-state index contributed by atoms with van der Waals surface area (Å²) in [6.07, 6.45) is 1.21. The van der Waals surface area contributed by atoms with Crippen LogP contribution in [0.3, 0.4) is 0 Å². The highest BCUT2D eigenvalue weighted by Crippen LogP contribution is 1.82. The molecule has 0 aliphatic rings. The first kappa shape index (κ1) is 13.4. The Kier molecular flexibility index (Phi) is 9.95. The van der Waals surface area contributed by atoms with Gasteiger partial charge in [-0.05, 0) is 6.42 Å². The molecule has 0 aromatic carbocycles. The van der Waals surface area contributed by atoms with Crippen molar-refractivity contribution >= 4 is 5.91 Å². The lowest BCUT2D eigenvalue weighted by atomic mass is 10.4. The molecule has 84 valence electrons. The fourth-order valence-electron chi connectivity index (χ4n) is 0.866. The van der Waals surface area contributed by atoms with Crippen LogP contribution in [0.5, 0.6) is 0 Å². The van der Waals surface area contributed by atoms with E-state index in [0.29, 0.717) is 39.3 Å². The Morgan fingerprint density at radius 1 is 1.36 bits per heavy atom. The summed E-state index contributed by atoms with van der Waals surface area (Å²) in [4.78, 5) is 10.9. The Morgan fingerprint density at radius 2 is 2.14 bits per heavy atom. The number of nitrogens with one attached hydrogen (secondary N) is 1. The SMILES string of the molecule is COCCOCCCNC(=O)CCN. The van der Waals surface area contributed by atoms with Crippen molar-refractivity contribution in [1.29, 1.82) is 0 Å². The zero-order valence-corrected chi connectivity index (χ0v) is 8.75. The Balaban J connectivity index is 3.01. The number of nitrogens with two attached hydrogens (primary N) is 1. The van der Waals surface area contributed by atoms with E-state index in [4.69, 9.17) is 15.2 Å². The third kappa shape index (κ3) is 9.44. The molecule has 3 N–H and O–H groups in total. The minimum atomic E-state index is 0.00407. The molecule has 0 aliphatic carbocycles. The smallest absolute Gasteiger partial charge is 0.221 e. The van der Waals surface area contributed by atoms with E-state index in [1.807, 2.05) is 0 Å². The first-order valence-corrected chi connectivity index (χ1v) is 4.84. The van der Waals surface area contributed by atoms with Gasteiger partial charge in [-0.3, -0.25) is 4.79 Å². The van der Waals surface area contributed by atoms with Crippen LogP contribution in [-0.2, 0) is 14.3 Å². The van der Waals surface area contributed by atoms with E-state index in [2.05, 4.69) is 5.32 Å². The predicted molar refractivity (Wildman–Crippen MR) is 54.0 cm³/mol. The third-order valence-electron chi connectivity index (χ3n) is 1.59. The highest BCUT2D eigenvalue weighted by molar-refractivity contribution is 5.75. The van der Waals surface area contributed by atoms with Gasteiger partial charge in [-0.25, -0.2) is 0 Å². The molecule has 0 spiro atoms. The molecular formula is C9H20N2O3. The summed E-state index contributed by atoms with van der Waals surface area (Å²) < 4.78 is 10.0. The lowest BCUT2D eigenvalue weighted by Crippen LogP contribution is -2.27. The summed E-state index contributed by atoms with van der Waals surface area (Å²) in [5.41, 5.74) is 5.22. The molecule has 0 aromatic heterocycles. The monoisotopic (exact) mass is 204 g/mol. The van der Waals surface area contributed by atoms with Crippen molar-refractivity contribution in [2.24, 2.45) is 5.73 Å². The molecule has 0 fully saturated rings. The number of hydrogen-bond donors (Lipinski definition) is 2. The summed E-state index contributed by atoms with van der Waals surface area (Å²) in [5, 5.41) is 2.74. The van der Waals surface area contributed by atoms with E-state index < -0.39 is 0 Å². The quantitative estimate of drug-likeness (QED) is 0.497. The van der Waals surface area contributed by atoms with Crippen LogP contribution in [0.25, 0.3) is 0 Å². The van der Waals surface area contributed by atoms with Crippen LogP contribution in [0, 0.1) is 0 Å². The molecule has 0 heterocycles. The summed E-state index contributed by atoms with van der Waals surface area (Å²) in [6, 6.07) is 0. The van der Waals surface area contributed by atoms with Gasteiger partial charge in [-0.2, -0.15) is 0 Å². The summed E-state index contributed by atoms with van der Waals surface area (Å²) >= 11 is 0. The maximum absolute atomic E-state index is 10.9. The average molecular weight is 204 g/mol. The molecule has 0 bridgehead atoms. The molecule has 5 heteroatoms. The Hall–Kier alpha value is -0.650. The van der Waals surface area contributed by atoms with Gasteiger partial charge in [0.05, 0.1) is 13.2 Å². The second-order valence-electron chi connectivity index (χ2n) is 2.85. The van der Waals surface area contributed by atoms with Crippen LogP contribution in [0.15, 0.2) is 0 Å². The van der Waals surface area contributed by atoms with E-state index in [-0.39, 0.29) is 5.91 Å². The summed E-state index contributed by atoms with van der Waals surface area (Å²) in [7, 11) is 1.64. The van der Waals surface area contributed by atoms with Crippen molar-refractivity contribution in [1.82, 2.24) is 5.32 Å². The lowest BCUT2D eigenvalue weighted by molar-refractivity contribution is -0.120. The Morgan fingerprint density at radius 3 is 2.79 bits per heavy atom. The molecule has 14 heavy (non-hydrogen) atoms. The van der Waals surface area contributed by atoms with Crippen molar-refractivity contribution < 1.29 is 14.3 Å². The molecule has 0 saturated heterocycles. The van der Waals surface area contributed by atoms with Crippen LogP contribution >= 0.6 is 0 Å². The van der Waals surface area contributed by atoms with Gasteiger partial charge in [0.2, 0.25) is 5.91 Å².